The topological polar surface area (TPSA) is 99.5 Å². The van der Waals surface area contributed by atoms with Crippen molar-refractivity contribution in [2.75, 3.05) is 5.32 Å². The Labute approximate surface area is 166 Å². The fourth-order valence-corrected chi connectivity index (χ4v) is 2.94. The Morgan fingerprint density at radius 3 is 2.69 bits per heavy atom. The molecule has 0 aliphatic carbocycles. The number of carbonyl (C=O) groups is 2. The molecule has 4 aromatic rings. The molecule has 7 nitrogen and oxygen atoms in total. The van der Waals surface area contributed by atoms with Gasteiger partial charge in [-0.3, -0.25) is 9.59 Å². The summed E-state index contributed by atoms with van der Waals surface area (Å²) in [6.07, 6.45) is 3.11. The van der Waals surface area contributed by atoms with Crippen LogP contribution in [0, 0.1) is 0 Å². The molecule has 2 aromatic carbocycles. The third kappa shape index (κ3) is 3.93. The van der Waals surface area contributed by atoms with E-state index in [1.807, 2.05) is 30.3 Å². The highest BCUT2D eigenvalue weighted by molar-refractivity contribution is 6.08. The number of hydrogen-bond acceptors (Lipinski definition) is 4. The van der Waals surface area contributed by atoms with Crippen LogP contribution in [0.25, 0.3) is 10.9 Å². The first-order valence-corrected chi connectivity index (χ1v) is 8.98. The second-order valence-corrected chi connectivity index (χ2v) is 6.40. The van der Waals surface area contributed by atoms with E-state index in [0.29, 0.717) is 17.0 Å². The molecule has 2 heterocycles. The Morgan fingerprint density at radius 2 is 1.86 bits per heavy atom. The van der Waals surface area contributed by atoms with Gasteiger partial charge in [0.25, 0.3) is 11.8 Å². The van der Waals surface area contributed by atoms with E-state index in [9.17, 15) is 9.59 Å². The lowest BCUT2D eigenvalue weighted by Crippen LogP contribution is -2.19. The number of aromatic nitrogens is 1. The van der Waals surface area contributed by atoms with Gasteiger partial charge in [0.05, 0.1) is 17.5 Å². The van der Waals surface area contributed by atoms with Crippen LogP contribution in [0.15, 0.2) is 82.6 Å². The zero-order valence-corrected chi connectivity index (χ0v) is 15.6. The van der Waals surface area contributed by atoms with Gasteiger partial charge in [0.1, 0.15) is 0 Å². The van der Waals surface area contributed by atoms with Crippen LogP contribution in [0.4, 0.5) is 5.69 Å². The highest BCUT2D eigenvalue weighted by Crippen LogP contribution is 2.17. The lowest BCUT2D eigenvalue weighted by atomic mass is 10.1. The minimum Gasteiger partial charge on any atom is -0.459 e. The zero-order valence-electron chi connectivity index (χ0n) is 15.6. The minimum absolute atomic E-state index is 0.229. The summed E-state index contributed by atoms with van der Waals surface area (Å²) in [5.74, 6) is -0.412. The summed E-state index contributed by atoms with van der Waals surface area (Å²) in [4.78, 5) is 27.7. The SMILES string of the molecule is C/C(=N\NC(=O)c1c[nH]c2ccccc12)c1cccc(NC(=O)c2ccco2)c1. The van der Waals surface area contributed by atoms with Gasteiger partial charge < -0.3 is 14.7 Å². The Balaban J connectivity index is 1.47. The van der Waals surface area contributed by atoms with Gasteiger partial charge in [-0.2, -0.15) is 5.10 Å². The van der Waals surface area contributed by atoms with Crippen molar-refractivity contribution in [3.8, 4) is 0 Å². The van der Waals surface area contributed by atoms with E-state index in [1.165, 1.54) is 6.26 Å². The van der Waals surface area contributed by atoms with E-state index < -0.39 is 0 Å². The van der Waals surface area contributed by atoms with Crippen LogP contribution in [0.5, 0.6) is 0 Å². The quantitative estimate of drug-likeness (QED) is 0.355. The molecule has 3 N–H and O–H groups in total. The summed E-state index contributed by atoms with van der Waals surface area (Å²) in [6, 6.07) is 18.0. The Kier molecular flexibility index (Phi) is 4.94. The number of benzene rings is 2. The maximum absolute atomic E-state index is 12.5. The van der Waals surface area contributed by atoms with Crippen molar-refractivity contribution in [2.24, 2.45) is 5.10 Å². The van der Waals surface area contributed by atoms with Crippen LogP contribution in [-0.2, 0) is 0 Å². The maximum Gasteiger partial charge on any atom is 0.291 e. The van der Waals surface area contributed by atoms with Gasteiger partial charge in [-0.25, -0.2) is 5.43 Å². The summed E-state index contributed by atoms with van der Waals surface area (Å²) < 4.78 is 5.09. The molecule has 4 rings (SSSR count). The smallest absolute Gasteiger partial charge is 0.291 e. The largest absolute Gasteiger partial charge is 0.459 e. The van der Waals surface area contributed by atoms with Gasteiger partial charge >= 0.3 is 0 Å². The average Bonchev–Trinajstić information content (AvgIpc) is 3.42. The van der Waals surface area contributed by atoms with Gasteiger partial charge in [-0.1, -0.05) is 30.3 Å². The number of carbonyl (C=O) groups excluding carboxylic acids is 2. The van der Waals surface area contributed by atoms with E-state index in [-0.39, 0.29) is 17.6 Å². The Bertz CT molecular complexity index is 1210. The highest BCUT2D eigenvalue weighted by atomic mass is 16.3. The van der Waals surface area contributed by atoms with Crippen molar-refractivity contribution in [3.63, 3.8) is 0 Å². The van der Waals surface area contributed by atoms with Crippen LogP contribution >= 0.6 is 0 Å². The van der Waals surface area contributed by atoms with Crippen molar-refractivity contribution < 1.29 is 14.0 Å². The standard InChI is InChI=1S/C22H18N4O3/c1-14(25-26-21(27)18-13-23-19-9-3-2-8-17(18)19)15-6-4-7-16(12-15)24-22(28)20-10-5-11-29-20/h2-13,23H,1H3,(H,24,28)(H,26,27)/b25-14+. The normalized spacial score (nSPS) is 11.4. The van der Waals surface area contributed by atoms with Gasteiger partial charge in [-0.15, -0.1) is 0 Å². The number of nitrogens with zero attached hydrogens (tertiary/aromatic N) is 1. The summed E-state index contributed by atoms with van der Waals surface area (Å²) >= 11 is 0. The van der Waals surface area contributed by atoms with Gasteiger partial charge in [0.2, 0.25) is 0 Å². The van der Waals surface area contributed by atoms with Gasteiger partial charge in [0, 0.05) is 22.8 Å². The van der Waals surface area contributed by atoms with E-state index in [0.717, 1.165) is 16.5 Å². The fraction of sp³-hybridized carbons (Fsp3) is 0.0455. The van der Waals surface area contributed by atoms with Crippen molar-refractivity contribution in [3.05, 3.63) is 90.0 Å². The molecule has 0 radical (unpaired) electrons. The molecule has 0 fully saturated rings. The maximum atomic E-state index is 12.5. The monoisotopic (exact) mass is 386 g/mol. The molecule has 0 aliphatic heterocycles. The van der Waals surface area contributed by atoms with Gasteiger partial charge in [-0.05, 0) is 42.8 Å². The lowest BCUT2D eigenvalue weighted by molar-refractivity contribution is 0.0955. The molecule has 144 valence electrons. The number of rotatable bonds is 5. The second-order valence-electron chi connectivity index (χ2n) is 6.40. The molecule has 2 amide bonds. The molecule has 0 atom stereocenters. The minimum atomic E-state index is -0.339. The molecule has 0 saturated heterocycles. The molecule has 0 spiro atoms. The number of fused-ring (bicyclic) bond motifs is 1. The van der Waals surface area contributed by atoms with Crippen LogP contribution in [0.3, 0.4) is 0 Å². The number of anilines is 1. The predicted molar refractivity (Wildman–Crippen MR) is 111 cm³/mol. The molecule has 0 aliphatic rings. The van der Waals surface area contributed by atoms with Crippen LogP contribution in [0.1, 0.15) is 33.4 Å². The molecular formula is C22H18N4O3. The third-order valence-corrected chi connectivity index (χ3v) is 4.44. The third-order valence-electron chi connectivity index (χ3n) is 4.44. The number of furan rings is 1. The summed E-state index contributed by atoms with van der Waals surface area (Å²) in [5.41, 5.74) is 5.96. The summed E-state index contributed by atoms with van der Waals surface area (Å²) in [5, 5.41) is 7.80. The fourth-order valence-electron chi connectivity index (χ4n) is 2.94. The number of H-pyrrole nitrogens is 1. The Hall–Kier alpha value is -4.13. The number of para-hydroxylation sites is 1. The molecule has 7 heteroatoms. The average molecular weight is 386 g/mol. The number of nitrogens with one attached hydrogen (secondary N) is 3. The molecule has 2 aromatic heterocycles. The molecule has 0 saturated carbocycles. The number of hydrogen-bond donors (Lipinski definition) is 3. The highest BCUT2D eigenvalue weighted by Gasteiger charge is 2.12. The number of amides is 2. The van der Waals surface area contributed by atoms with Crippen molar-refractivity contribution >= 4 is 34.1 Å². The van der Waals surface area contributed by atoms with Crippen molar-refractivity contribution in [1.82, 2.24) is 10.4 Å². The van der Waals surface area contributed by atoms with E-state index in [4.69, 9.17) is 4.42 Å². The van der Waals surface area contributed by atoms with Crippen LogP contribution in [-0.4, -0.2) is 22.5 Å². The van der Waals surface area contributed by atoms with Crippen molar-refractivity contribution in [1.29, 1.82) is 0 Å². The number of hydrazone groups is 1. The predicted octanol–water partition coefficient (Wildman–Crippen LogP) is 4.17. The van der Waals surface area contributed by atoms with Crippen LogP contribution in [0.2, 0.25) is 0 Å². The van der Waals surface area contributed by atoms with E-state index >= 15 is 0 Å². The second kappa shape index (κ2) is 7.85. The molecule has 29 heavy (non-hydrogen) atoms. The molecule has 0 unspecified atom stereocenters. The lowest BCUT2D eigenvalue weighted by Gasteiger charge is -2.07. The van der Waals surface area contributed by atoms with Crippen molar-refractivity contribution in [2.45, 2.75) is 6.92 Å². The van der Waals surface area contributed by atoms with E-state index in [1.54, 1.807) is 43.5 Å². The molecule has 0 bridgehead atoms. The Morgan fingerprint density at radius 1 is 1.00 bits per heavy atom. The van der Waals surface area contributed by atoms with Crippen LogP contribution < -0.4 is 10.7 Å². The summed E-state index contributed by atoms with van der Waals surface area (Å²) in [7, 11) is 0. The number of aromatic amines is 1. The first-order chi connectivity index (χ1) is 14.1. The first-order valence-electron chi connectivity index (χ1n) is 8.98. The van der Waals surface area contributed by atoms with Gasteiger partial charge in [0.15, 0.2) is 5.76 Å². The first kappa shape index (κ1) is 18.2. The summed E-state index contributed by atoms with van der Waals surface area (Å²) in [6.45, 7) is 1.78. The molecular weight excluding hydrogens is 368 g/mol. The van der Waals surface area contributed by atoms with E-state index in [2.05, 4.69) is 20.8 Å². The zero-order chi connectivity index (χ0) is 20.2.